The third kappa shape index (κ3) is 6.17. The van der Waals surface area contributed by atoms with Crippen molar-refractivity contribution in [3.05, 3.63) is 30.1 Å². The molecule has 6 heteroatoms. The molecule has 1 rings (SSSR count). The Morgan fingerprint density at radius 3 is 2.70 bits per heavy atom. The average molecular weight is 283 g/mol. The Bertz CT molecular complexity index is 451. The second-order valence-corrected chi connectivity index (χ2v) is 4.06. The average Bonchev–Trinajstić information content (AvgIpc) is 2.45. The van der Waals surface area contributed by atoms with E-state index in [4.69, 9.17) is 4.74 Å². The van der Waals surface area contributed by atoms with Crippen molar-refractivity contribution in [3.63, 3.8) is 0 Å². The summed E-state index contributed by atoms with van der Waals surface area (Å²) in [5, 5.41) is 2.64. The summed E-state index contributed by atoms with van der Waals surface area (Å²) >= 11 is 0. The fraction of sp³-hybridized carbons (Fsp3) is 0.429. The lowest BCUT2D eigenvalue weighted by Gasteiger charge is -2.07. The number of benzene rings is 1. The maximum absolute atomic E-state index is 13.2. The fourth-order valence-corrected chi connectivity index (χ4v) is 1.47. The molecule has 1 aromatic carbocycles. The van der Waals surface area contributed by atoms with E-state index in [-0.39, 0.29) is 37.1 Å². The minimum absolute atomic E-state index is 0.101. The summed E-state index contributed by atoms with van der Waals surface area (Å²) in [6, 6.07) is 6.02. The fourth-order valence-electron chi connectivity index (χ4n) is 1.47. The Balaban J connectivity index is 2.11. The van der Waals surface area contributed by atoms with E-state index in [1.165, 1.54) is 19.2 Å². The zero-order valence-corrected chi connectivity index (χ0v) is 11.4. The zero-order valence-electron chi connectivity index (χ0n) is 11.4. The van der Waals surface area contributed by atoms with Gasteiger partial charge in [-0.05, 0) is 18.6 Å². The zero-order chi connectivity index (χ0) is 14.8. The first-order chi connectivity index (χ1) is 9.63. The molecule has 20 heavy (non-hydrogen) atoms. The lowest BCUT2D eigenvalue weighted by molar-refractivity contribution is -0.140. The molecule has 0 radical (unpaired) electrons. The number of hydrogen-bond donors (Lipinski definition) is 1. The third-order valence-electron chi connectivity index (χ3n) is 2.53. The predicted molar refractivity (Wildman–Crippen MR) is 70.8 cm³/mol. The largest absolute Gasteiger partial charge is 0.490 e. The van der Waals surface area contributed by atoms with Gasteiger partial charge in [-0.25, -0.2) is 4.39 Å². The number of carbonyl (C=O) groups excluding carboxylic acids is 2. The Morgan fingerprint density at radius 2 is 2.00 bits per heavy atom. The van der Waals surface area contributed by atoms with Crippen LogP contribution in [0.1, 0.15) is 19.3 Å². The quantitative estimate of drug-likeness (QED) is 0.582. The molecular weight excluding hydrogens is 265 g/mol. The van der Waals surface area contributed by atoms with E-state index in [9.17, 15) is 14.0 Å². The van der Waals surface area contributed by atoms with Gasteiger partial charge in [-0.1, -0.05) is 12.1 Å². The van der Waals surface area contributed by atoms with E-state index < -0.39 is 5.82 Å². The number of esters is 1. The van der Waals surface area contributed by atoms with E-state index in [0.29, 0.717) is 13.0 Å². The lowest BCUT2D eigenvalue weighted by atomic mass is 10.3. The highest BCUT2D eigenvalue weighted by molar-refractivity contribution is 5.76. The Hall–Kier alpha value is -2.11. The molecule has 0 aliphatic heterocycles. The molecule has 0 unspecified atom stereocenters. The van der Waals surface area contributed by atoms with Crippen molar-refractivity contribution in [1.82, 2.24) is 5.32 Å². The van der Waals surface area contributed by atoms with Crippen LogP contribution < -0.4 is 10.1 Å². The highest BCUT2D eigenvalue weighted by Gasteiger charge is 2.05. The summed E-state index contributed by atoms with van der Waals surface area (Å²) < 4.78 is 22.8. The van der Waals surface area contributed by atoms with E-state index >= 15 is 0 Å². The van der Waals surface area contributed by atoms with Crippen LogP contribution in [-0.4, -0.2) is 32.1 Å². The van der Waals surface area contributed by atoms with Gasteiger partial charge in [0.2, 0.25) is 5.91 Å². The smallest absolute Gasteiger partial charge is 0.305 e. The Morgan fingerprint density at radius 1 is 1.25 bits per heavy atom. The monoisotopic (exact) mass is 283 g/mol. The SMILES string of the molecule is COC(=O)CCCNC(=O)CCOc1ccccc1F. The number of rotatable bonds is 8. The van der Waals surface area contributed by atoms with Gasteiger partial charge in [-0.2, -0.15) is 0 Å². The number of carbonyl (C=O) groups is 2. The van der Waals surface area contributed by atoms with Gasteiger partial charge in [0.05, 0.1) is 20.1 Å². The Kier molecular flexibility index (Phi) is 7.10. The van der Waals surface area contributed by atoms with Crippen molar-refractivity contribution >= 4 is 11.9 Å². The molecule has 1 aromatic rings. The van der Waals surface area contributed by atoms with Gasteiger partial charge in [0.1, 0.15) is 0 Å². The Labute approximate surface area is 117 Å². The molecule has 0 fully saturated rings. The molecule has 0 bridgehead atoms. The number of amides is 1. The first kappa shape index (κ1) is 15.9. The molecule has 0 heterocycles. The summed E-state index contributed by atoms with van der Waals surface area (Å²) in [5.41, 5.74) is 0. The van der Waals surface area contributed by atoms with Gasteiger partial charge in [-0.15, -0.1) is 0 Å². The van der Waals surface area contributed by atoms with Crippen LogP contribution in [-0.2, 0) is 14.3 Å². The molecule has 0 saturated heterocycles. The van der Waals surface area contributed by atoms with E-state index in [1.807, 2.05) is 0 Å². The van der Waals surface area contributed by atoms with E-state index in [0.717, 1.165) is 0 Å². The standard InChI is InChI=1S/C14H18FNO4/c1-19-14(18)7-4-9-16-13(17)8-10-20-12-6-3-2-5-11(12)15/h2-3,5-6H,4,7-10H2,1H3,(H,16,17). The maximum atomic E-state index is 13.2. The molecular formula is C14H18FNO4. The topological polar surface area (TPSA) is 64.6 Å². The van der Waals surface area contributed by atoms with Crippen molar-refractivity contribution < 1.29 is 23.5 Å². The van der Waals surface area contributed by atoms with Crippen molar-refractivity contribution in [2.75, 3.05) is 20.3 Å². The highest BCUT2D eigenvalue weighted by atomic mass is 19.1. The predicted octanol–water partition coefficient (Wildman–Crippen LogP) is 1.66. The van der Waals surface area contributed by atoms with Crippen LogP contribution in [0.5, 0.6) is 5.75 Å². The van der Waals surface area contributed by atoms with Crippen molar-refractivity contribution in [3.8, 4) is 5.75 Å². The summed E-state index contributed by atoms with van der Waals surface area (Å²) in [6.45, 7) is 0.497. The lowest BCUT2D eigenvalue weighted by Crippen LogP contribution is -2.26. The van der Waals surface area contributed by atoms with Gasteiger partial charge < -0.3 is 14.8 Å². The van der Waals surface area contributed by atoms with Gasteiger partial charge in [-0.3, -0.25) is 9.59 Å². The molecule has 0 saturated carbocycles. The number of ether oxygens (including phenoxy) is 2. The van der Waals surface area contributed by atoms with Crippen LogP contribution in [0, 0.1) is 5.82 Å². The van der Waals surface area contributed by atoms with Crippen molar-refractivity contribution in [1.29, 1.82) is 0 Å². The van der Waals surface area contributed by atoms with Crippen LogP contribution in [0.3, 0.4) is 0 Å². The molecule has 0 atom stereocenters. The number of hydrogen-bond acceptors (Lipinski definition) is 4. The van der Waals surface area contributed by atoms with Crippen molar-refractivity contribution in [2.24, 2.45) is 0 Å². The second-order valence-electron chi connectivity index (χ2n) is 4.06. The van der Waals surface area contributed by atoms with Crippen LogP contribution in [0.4, 0.5) is 4.39 Å². The second kappa shape index (κ2) is 8.90. The van der Waals surface area contributed by atoms with Crippen molar-refractivity contribution in [2.45, 2.75) is 19.3 Å². The summed E-state index contributed by atoms with van der Waals surface area (Å²) in [4.78, 5) is 22.3. The minimum atomic E-state index is -0.453. The van der Waals surface area contributed by atoms with Crippen LogP contribution >= 0.6 is 0 Å². The van der Waals surface area contributed by atoms with E-state index in [2.05, 4.69) is 10.1 Å². The number of para-hydroxylation sites is 1. The summed E-state index contributed by atoms with van der Waals surface area (Å²) in [6.07, 6.45) is 0.918. The maximum Gasteiger partial charge on any atom is 0.305 e. The van der Waals surface area contributed by atoms with Crippen LogP contribution in [0.25, 0.3) is 0 Å². The van der Waals surface area contributed by atoms with Crippen LogP contribution in [0.15, 0.2) is 24.3 Å². The molecule has 110 valence electrons. The molecule has 5 nitrogen and oxygen atoms in total. The van der Waals surface area contributed by atoms with Gasteiger partial charge in [0.25, 0.3) is 0 Å². The molecule has 0 aliphatic carbocycles. The van der Waals surface area contributed by atoms with Gasteiger partial charge in [0.15, 0.2) is 11.6 Å². The molecule has 0 spiro atoms. The number of nitrogens with one attached hydrogen (secondary N) is 1. The van der Waals surface area contributed by atoms with Gasteiger partial charge in [0, 0.05) is 13.0 Å². The third-order valence-corrected chi connectivity index (χ3v) is 2.53. The molecule has 0 aliphatic rings. The minimum Gasteiger partial charge on any atom is -0.490 e. The van der Waals surface area contributed by atoms with Gasteiger partial charge >= 0.3 is 5.97 Å². The number of methoxy groups -OCH3 is 1. The molecule has 1 N–H and O–H groups in total. The first-order valence-electron chi connectivity index (χ1n) is 6.34. The molecule has 0 aromatic heterocycles. The summed E-state index contributed by atoms with van der Waals surface area (Å²) in [7, 11) is 1.32. The molecule has 1 amide bonds. The summed E-state index contributed by atoms with van der Waals surface area (Å²) in [5.74, 6) is -0.828. The highest BCUT2D eigenvalue weighted by Crippen LogP contribution is 2.15. The van der Waals surface area contributed by atoms with E-state index in [1.54, 1.807) is 12.1 Å². The number of halogens is 1. The normalized spacial score (nSPS) is 9.90. The van der Waals surface area contributed by atoms with Crippen LogP contribution in [0.2, 0.25) is 0 Å². The first-order valence-corrected chi connectivity index (χ1v) is 6.34.